The van der Waals surface area contributed by atoms with Gasteiger partial charge >= 0.3 is 0 Å². The van der Waals surface area contributed by atoms with E-state index in [1.807, 2.05) is 0 Å². The highest BCUT2D eigenvalue weighted by molar-refractivity contribution is 6.30. The van der Waals surface area contributed by atoms with E-state index in [1.165, 1.54) is 0 Å². The van der Waals surface area contributed by atoms with Crippen LogP contribution in [0.5, 0.6) is 0 Å². The number of H-pyrrole nitrogens is 2. The zero-order chi connectivity index (χ0) is 19.0. The van der Waals surface area contributed by atoms with Crippen molar-refractivity contribution in [2.24, 2.45) is 0 Å². The summed E-state index contributed by atoms with van der Waals surface area (Å²) in [5, 5.41) is 0.474. The molecule has 0 bridgehead atoms. The van der Waals surface area contributed by atoms with Gasteiger partial charge in [-0.3, -0.25) is 19.6 Å². The van der Waals surface area contributed by atoms with Crippen LogP contribution in [-0.2, 0) is 0 Å². The number of hydrogen-bond donors (Lipinski definition) is 6. The van der Waals surface area contributed by atoms with E-state index in [-0.39, 0.29) is 34.7 Å². The second-order valence-corrected chi connectivity index (χ2v) is 5.92. The molecule has 0 radical (unpaired) electrons. The fraction of sp³-hybridized carbons (Fsp3) is 0.0667. The molecule has 0 atom stereocenters. The van der Waals surface area contributed by atoms with E-state index in [2.05, 4.69) is 19.9 Å². The van der Waals surface area contributed by atoms with Crippen molar-refractivity contribution in [1.29, 1.82) is 0 Å². The zero-order valence-corrected chi connectivity index (χ0v) is 14.0. The minimum Gasteiger partial charge on any atom is -0.383 e. The summed E-state index contributed by atoms with van der Waals surface area (Å²) in [6, 6.07) is 6.48. The number of nitrogens with zero attached hydrogens (tertiary/aromatic N) is 2. The quantitative estimate of drug-likeness (QED) is 0.368. The molecule has 0 saturated carbocycles. The number of nitrogen functional groups attached to an aromatic ring is 4. The fourth-order valence-electron chi connectivity index (χ4n) is 2.73. The van der Waals surface area contributed by atoms with Gasteiger partial charge in [-0.05, 0) is 17.7 Å². The first kappa shape index (κ1) is 17.3. The van der Waals surface area contributed by atoms with E-state index in [4.69, 9.17) is 34.5 Å². The third kappa shape index (κ3) is 3.05. The van der Waals surface area contributed by atoms with E-state index < -0.39 is 17.0 Å². The summed E-state index contributed by atoms with van der Waals surface area (Å²) in [5.41, 5.74) is 22.2. The van der Waals surface area contributed by atoms with Crippen LogP contribution in [0.4, 0.5) is 23.5 Å². The van der Waals surface area contributed by atoms with Crippen LogP contribution in [0.15, 0.2) is 33.9 Å². The molecule has 0 unspecified atom stereocenters. The molecular formula is C15H15ClN8O2. The van der Waals surface area contributed by atoms with Crippen molar-refractivity contribution in [1.82, 2.24) is 19.9 Å². The van der Waals surface area contributed by atoms with Crippen molar-refractivity contribution in [3.05, 3.63) is 66.7 Å². The second-order valence-electron chi connectivity index (χ2n) is 5.48. The third-order valence-corrected chi connectivity index (χ3v) is 4.04. The molecule has 0 aliphatic heterocycles. The summed E-state index contributed by atoms with van der Waals surface area (Å²) in [6.45, 7) is 0. The van der Waals surface area contributed by atoms with E-state index in [9.17, 15) is 9.59 Å². The number of rotatable bonds is 3. The first-order chi connectivity index (χ1) is 12.3. The lowest BCUT2D eigenvalue weighted by atomic mass is 9.86. The number of nitrogens with two attached hydrogens (primary N) is 4. The zero-order valence-electron chi connectivity index (χ0n) is 13.3. The molecule has 134 valence electrons. The Kier molecular flexibility index (Phi) is 4.26. The van der Waals surface area contributed by atoms with Gasteiger partial charge in [0.25, 0.3) is 11.1 Å². The van der Waals surface area contributed by atoms with Gasteiger partial charge < -0.3 is 22.9 Å². The molecule has 3 aromatic rings. The lowest BCUT2D eigenvalue weighted by Crippen LogP contribution is -2.29. The van der Waals surface area contributed by atoms with Crippen LogP contribution in [0, 0.1) is 0 Å². The normalized spacial score (nSPS) is 11.0. The first-order valence-corrected chi connectivity index (χ1v) is 7.71. The van der Waals surface area contributed by atoms with Crippen molar-refractivity contribution < 1.29 is 0 Å². The average Bonchev–Trinajstić information content (AvgIpc) is 2.52. The number of anilines is 4. The smallest absolute Gasteiger partial charge is 0.258 e. The highest BCUT2D eigenvalue weighted by Crippen LogP contribution is 2.33. The van der Waals surface area contributed by atoms with Crippen molar-refractivity contribution in [3.8, 4) is 0 Å². The Morgan fingerprint density at radius 2 is 1.23 bits per heavy atom. The van der Waals surface area contributed by atoms with Crippen molar-refractivity contribution in [2.45, 2.75) is 5.92 Å². The monoisotopic (exact) mass is 374 g/mol. The molecule has 0 aliphatic carbocycles. The number of aromatic amines is 2. The Balaban J connectivity index is 2.38. The fourth-order valence-corrected chi connectivity index (χ4v) is 2.85. The largest absolute Gasteiger partial charge is 0.383 e. The Morgan fingerprint density at radius 1 is 0.808 bits per heavy atom. The molecule has 10 N–H and O–H groups in total. The number of nitrogens with one attached hydrogen (secondary N) is 2. The lowest BCUT2D eigenvalue weighted by Gasteiger charge is -2.19. The molecule has 26 heavy (non-hydrogen) atoms. The first-order valence-electron chi connectivity index (χ1n) is 7.33. The third-order valence-electron chi connectivity index (χ3n) is 3.79. The van der Waals surface area contributed by atoms with Gasteiger partial charge in [0.15, 0.2) is 0 Å². The van der Waals surface area contributed by atoms with Gasteiger partial charge in [0.1, 0.15) is 11.6 Å². The SMILES string of the molecule is Nc1nc(N)c(C(c2ccc(Cl)cc2)c2c(N)nc(N)[nH]c2=O)c(=O)[nH]1. The highest BCUT2D eigenvalue weighted by Gasteiger charge is 2.29. The Labute approximate surface area is 151 Å². The van der Waals surface area contributed by atoms with Crippen molar-refractivity contribution in [2.75, 3.05) is 22.9 Å². The number of aromatic nitrogens is 4. The van der Waals surface area contributed by atoms with Crippen LogP contribution in [-0.4, -0.2) is 19.9 Å². The minimum atomic E-state index is -0.957. The Morgan fingerprint density at radius 3 is 1.62 bits per heavy atom. The summed E-state index contributed by atoms with van der Waals surface area (Å²) >= 11 is 5.93. The van der Waals surface area contributed by atoms with Crippen LogP contribution in [0.1, 0.15) is 22.6 Å². The van der Waals surface area contributed by atoms with Crippen LogP contribution >= 0.6 is 11.6 Å². The molecule has 0 spiro atoms. The van der Waals surface area contributed by atoms with Crippen LogP contribution in [0.25, 0.3) is 0 Å². The molecular weight excluding hydrogens is 360 g/mol. The Hall–Kier alpha value is -3.53. The molecule has 3 rings (SSSR count). The topological polar surface area (TPSA) is 196 Å². The summed E-state index contributed by atoms with van der Waals surface area (Å²) < 4.78 is 0. The maximum atomic E-state index is 12.5. The van der Waals surface area contributed by atoms with Crippen molar-refractivity contribution in [3.63, 3.8) is 0 Å². The van der Waals surface area contributed by atoms with Gasteiger partial charge in [0.2, 0.25) is 11.9 Å². The van der Waals surface area contributed by atoms with Gasteiger partial charge in [-0.15, -0.1) is 0 Å². The van der Waals surface area contributed by atoms with Gasteiger partial charge in [0, 0.05) is 5.02 Å². The maximum absolute atomic E-state index is 12.5. The molecule has 0 fully saturated rings. The van der Waals surface area contributed by atoms with Gasteiger partial charge in [0.05, 0.1) is 17.0 Å². The number of hydrogen-bond acceptors (Lipinski definition) is 8. The van der Waals surface area contributed by atoms with Crippen LogP contribution in [0.2, 0.25) is 5.02 Å². The molecule has 10 nitrogen and oxygen atoms in total. The van der Waals surface area contributed by atoms with E-state index in [1.54, 1.807) is 24.3 Å². The van der Waals surface area contributed by atoms with Gasteiger partial charge in [-0.2, -0.15) is 9.97 Å². The van der Waals surface area contributed by atoms with E-state index >= 15 is 0 Å². The van der Waals surface area contributed by atoms with Crippen LogP contribution in [0.3, 0.4) is 0 Å². The second kappa shape index (κ2) is 6.41. The molecule has 11 heteroatoms. The average molecular weight is 375 g/mol. The summed E-state index contributed by atoms with van der Waals surface area (Å²) in [5.74, 6) is -1.53. The predicted octanol–water partition coefficient (Wildman–Crippen LogP) is 0.0156. The van der Waals surface area contributed by atoms with Gasteiger partial charge in [-0.1, -0.05) is 23.7 Å². The maximum Gasteiger partial charge on any atom is 0.258 e. The van der Waals surface area contributed by atoms with E-state index in [0.717, 1.165) is 0 Å². The summed E-state index contributed by atoms with van der Waals surface area (Å²) in [7, 11) is 0. The number of halogens is 1. The van der Waals surface area contributed by atoms with Crippen molar-refractivity contribution >= 4 is 35.1 Å². The lowest BCUT2D eigenvalue weighted by molar-refractivity contribution is 0.897. The molecule has 0 saturated heterocycles. The van der Waals surface area contributed by atoms with E-state index in [0.29, 0.717) is 10.6 Å². The highest BCUT2D eigenvalue weighted by atomic mass is 35.5. The molecule has 1 aromatic carbocycles. The minimum absolute atomic E-state index is 0.00490. The number of benzene rings is 1. The standard InChI is InChI=1S/C15H15ClN8O2/c16-6-3-1-5(2-4-6)7(8-10(17)21-14(19)23-12(8)25)9-11(18)22-15(20)24-13(9)26/h1-4,7H,(H5,17,19,21,23,25)(H5,18,20,22,24,26). The molecule has 0 aliphatic rings. The predicted molar refractivity (Wildman–Crippen MR) is 99.8 cm³/mol. The molecule has 2 heterocycles. The summed E-state index contributed by atoms with van der Waals surface area (Å²) in [6.07, 6.45) is 0. The molecule has 0 amide bonds. The molecule has 2 aromatic heterocycles. The Bertz CT molecular complexity index is 1020. The van der Waals surface area contributed by atoms with Crippen LogP contribution < -0.4 is 34.1 Å². The summed E-state index contributed by atoms with van der Waals surface area (Å²) in [4.78, 5) is 37.5. The van der Waals surface area contributed by atoms with Gasteiger partial charge in [-0.25, -0.2) is 0 Å².